The number of rotatable bonds is 6. The van der Waals surface area contributed by atoms with Crippen molar-refractivity contribution in [3.63, 3.8) is 0 Å². The van der Waals surface area contributed by atoms with Crippen LogP contribution >= 0.6 is 0 Å². The van der Waals surface area contributed by atoms with E-state index in [-0.39, 0.29) is 28.7 Å². The van der Waals surface area contributed by atoms with E-state index in [0.717, 1.165) is 6.42 Å². The summed E-state index contributed by atoms with van der Waals surface area (Å²) in [5.74, 6) is -2.18. The number of ether oxygens (including phenoxy) is 3. The van der Waals surface area contributed by atoms with Crippen molar-refractivity contribution in [3.8, 4) is 0 Å². The lowest BCUT2D eigenvalue weighted by atomic mass is 10.1. The average molecular weight is 349 g/mol. The molecule has 1 amide bonds. The van der Waals surface area contributed by atoms with Crippen LogP contribution in [0.5, 0.6) is 0 Å². The predicted molar refractivity (Wildman–Crippen MR) is 86.0 cm³/mol. The summed E-state index contributed by atoms with van der Waals surface area (Å²) in [7, 11) is 2.40. The fraction of sp³-hybridized carbons (Fsp3) is 0.412. The first-order valence-electron chi connectivity index (χ1n) is 7.64. The minimum Gasteiger partial charge on any atom is -0.465 e. The summed E-state index contributed by atoms with van der Waals surface area (Å²) in [5.41, 5.74) is 0.332. The number of amides is 1. The van der Waals surface area contributed by atoms with Crippen LogP contribution in [-0.4, -0.2) is 44.6 Å². The minimum atomic E-state index is -0.671. The molecule has 0 spiro atoms. The molecule has 0 unspecified atom stereocenters. The number of nitrogens with one attached hydrogen (secondary N) is 1. The number of benzene rings is 1. The van der Waals surface area contributed by atoms with E-state index in [2.05, 4.69) is 14.8 Å². The Morgan fingerprint density at radius 1 is 1.04 bits per heavy atom. The second-order valence-corrected chi connectivity index (χ2v) is 5.76. The average Bonchev–Trinajstić information content (AvgIpc) is 3.34. The second-order valence-electron chi connectivity index (χ2n) is 5.76. The summed E-state index contributed by atoms with van der Waals surface area (Å²) in [6, 6.07) is 3.99. The Morgan fingerprint density at radius 2 is 1.56 bits per heavy atom. The summed E-state index contributed by atoms with van der Waals surface area (Å²) in [4.78, 5) is 46.9. The third-order valence-electron chi connectivity index (χ3n) is 3.82. The Bertz CT molecular complexity index is 679. The van der Waals surface area contributed by atoms with E-state index >= 15 is 0 Å². The molecule has 0 heterocycles. The van der Waals surface area contributed by atoms with E-state index in [1.54, 1.807) is 0 Å². The molecule has 1 aliphatic carbocycles. The molecule has 8 heteroatoms. The number of carbonyl (C=O) groups is 4. The van der Waals surface area contributed by atoms with E-state index in [4.69, 9.17) is 4.74 Å². The summed E-state index contributed by atoms with van der Waals surface area (Å²) in [5, 5.41) is 2.47. The molecule has 1 saturated carbocycles. The van der Waals surface area contributed by atoms with Gasteiger partial charge in [0.2, 0.25) is 0 Å². The maximum Gasteiger partial charge on any atom is 0.337 e. The molecule has 0 bridgehead atoms. The van der Waals surface area contributed by atoms with Crippen molar-refractivity contribution >= 4 is 29.5 Å². The largest absolute Gasteiger partial charge is 0.465 e. The number of methoxy groups -OCH3 is 2. The number of hydrogen-bond donors (Lipinski definition) is 1. The molecule has 0 aromatic heterocycles. The lowest BCUT2D eigenvalue weighted by molar-refractivity contribution is -0.148. The Kier molecular flexibility index (Phi) is 5.74. The van der Waals surface area contributed by atoms with Crippen LogP contribution in [0.1, 0.15) is 34.1 Å². The van der Waals surface area contributed by atoms with Gasteiger partial charge in [-0.3, -0.25) is 9.59 Å². The van der Waals surface area contributed by atoms with Crippen molar-refractivity contribution in [2.24, 2.45) is 11.8 Å². The van der Waals surface area contributed by atoms with Gasteiger partial charge in [0.15, 0.2) is 6.61 Å². The van der Waals surface area contributed by atoms with E-state index in [9.17, 15) is 19.2 Å². The van der Waals surface area contributed by atoms with Gasteiger partial charge in [-0.05, 0) is 30.5 Å². The molecule has 2 rings (SSSR count). The standard InChI is InChI=1S/C17H19NO7/c1-9-4-13(9)17(22)25-8-14(19)18-12-6-10(15(20)23-2)5-11(7-12)16(21)24-3/h5-7,9,13H,4,8H2,1-3H3,(H,18,19)/t9-,13-/m1/s1. The summed E-state index contributed by atoms with van der Waals surface area (Å²) >= 11 is 0. The lowest BCUT2D eigenvalue weighted by Gasteiger charge is -2.10. The summed E-state index contributed by atoms with van der Waals surface area (Å²) < 4.78 is 14.2. The van der Waals surface area contributed by atoms with Crippen LogP contribution in [0.25, 0.3) is 0 Å². The topological polar surface area (TPSA) is 108 Å². The molecule has 0 radical (unpaired) electrons. The van der Waals surface area contributed by atoms with Crippen LogP contribution in [0, 0.1) is 11.8 Å². The van der Waals surface area contributed by atoms with Gasteiger partial charge < -0.3 is 19.5 Å². The predicted octanol–water partition coefficient (Wildman–Crippen LogP) is 1.40. The molecule has 1 aliphatic rings. The van der Waals surface area contributed by atoms with Crippen molar-refractivity contribution in [3.05, 3.63) is 29.3 Å². The van der Waals surface area contributed by atoms with Gasteiger partial charge in [-0.25, -0.2) is 9.59 Å². The van der Waals surface area contributed by atoms with Gasteiger partial charge >= 0.3 is 17.9 Å². The van der Waals surface area contributed by atoms with Crippen molar-refractivity contribution in [2.45, 2.75) is 13.3 Å². The third-order valence-corrected chi connectivity index (χ3v) is 3.82. The Labute approximate surface area is 144 Å². The van der Waals surface area contributed by atoms with E-state index in [1.165, 1.54) is 32.4 Å². The molecule has 8 nitrogen and oxygen atoms in total. The first kappa shape index (κ1) is 18.4. The van der Waals surface area contributed by atoms with Gasteiger partial charge in [-0.2, -0.15) is 0 Å². The van der Waals surface area contributed by atoms with Crippen molar-refractivity contribution in [1.29, 1.82) is 0 Å². The Morgan fingerprint density at radius 3 is 2.00 bits per heavy atom. The van der Waals surface area contributed by atoms with Crippen molar-refractivity contribution < 1.29 is 33.4 Å². The van der Waals surface area contributed by atoms with Gasteiger partial charge in [0.25, 0.3) is 5.91 Å². The maximum atomic E-state index is 11.9. The molecular weight excluding hydrogens is 330 g/mol. The molecule has 1 aromatic carbocycles. The van der Waals surface area contributed by atoms with E-state index in [0.29, 0.717) is 0 Å². The number of carbonyl (C=O) groups excluding carboxylic acids is 4. The van der Waals surface area contributed by atoms with Crippen molar-refractivity contribution in [1.82, 2.24) is 0 Å². The molecule has 0 saturated heterocycles. The number of anilines is 1. The van der Waals surface area contributed by atoms with E-state index in [1.807, 2.05) is 6.92 Å². The van der Waals surface area contributed by atoms with Crippen LogP contribution in [0.15, 0.2) is 18.2 Å². The summed E-state index contributed by atoms with van der Waals surface area (Å²) in [6.45, 7) is 1.48. The quantitative estimate of drug-likeness (QED) is 0.611. The Balaban J connectivity index is 2.06. The second kappa shape index (κ2) is 7.78. The third kappa shape index (κ3) is 4.79. The number of esters is 3. The van der Waals surface area contributed by atoms with Crippen LogP contribution in [-0.2, 0) is 23.8 Å². The Hall–Kier alpha value is -2.90. The summed E-state index contributed by atoms with van der Waals surface area (Å²) in [6.07, 6.45) is 0.768. The highest BCUT2D eigenvalue weighted by molar-refractivity contribution is 6.00. The smallest absolute Gasteiger partial charge is 0.337 e. The van der Waals surface area contributed by atoms with Crippen molar-refractivity contribution in [2.75, 3.05) is 26.1 Å². The molecule has 1 fully saturated rings. The van der Waals surface area contributed by atoms with Gasteiger partial charge in [0.1, 0.15) is 0 Å². The molecule has 1 aromatic rings. The molecule has 25 heavy (non-hydrogen) atoms. The highest BCUT2D eigenvalue weighted by atomic mass is 16.5. The molecule has 1 N–H and O–H groups in total. The fourth-order valence-corrected chi connectivity index (χ4v) is 2.26. The minimum absolute atomic E-state index is 0.0736. The molecule has 0 aliphatic heterocycles. The highest BCUT2D eigenvalue weighted by Crippen LogP contribution is 2.38. The van der Waals surface area contributed by atoms with Crippen LogP contribution < -0.4 is 5.32 Å². The SMILES string of the molecule is COC(=O)c1cc(NC(=O)COC(=O)[C@@H]2C[C@H]2C)cc(C(=O)OC)c1. The molecular formula is C17H19NO7. The maximum absolute atomic E-state index is 11.9. The van der Waals surface area contributed by atoms with Crippen LogP contribution in [0.4, 0.5) is 5.69 Å². The first-order valence-corrected chi connectivity index (χ1v) is 7.64. The van der Waals surface area contributed by atoms with Gasteiger partial charge in [0.05, 0.1) is 31.3 Å². The molecule has 2 atom stereocenters. The van der Waals surface area contributed by atoms with Crippen LogP contribution in [0.2, 0.25) is 0 Å². The normalized spacial score (nSPS) is 18.0. The highest BCUT2D eigenvalue weighted by Gasteiger charge is 2.40. The van der Waals surface area contributed by atoms with Gasteiger partial charge in [-0.15, -0.1) is 0 Å². The first-order chi connectivity index (χ1) is 11.8. The fourth-order valence-electron chi connectivity index (χ4n) is 2.26. The monoisotopic (exact) mass is 349 g/mol. The van der Waals surface area contributed by atoms with E-state index < -0.39 is 30.4 Å². The molecule has 134 valence electrons. The zero-order valence-corrected chi connectivity index (χ0v) is 14.2. The zero-order valence-electron chi connectivity index (χ0n) is 14.2. The number of hydrogen-bond acceptors (Lipinski definition) is 7. The van der Waals surface area contributed by atoms with Gasteiger partial charge in [0, 0.05) is 5.69 Å². The zero-order chi connectivity index (χ0) is 18.6. The lowest BCUT2D eigenvalue weighted by Crippen LogP contribution is -2.22. The van der Waals surface area contributed by atoms with Crippen LogP contribution in [0.3, 0.4) is 0 Å². The van der Waals surface area contributed by atoms with Gasteiger partial charge in [-0.1, -0.05) is 6.92 Å².